The molecule has 0 aliphatic rings. The molecule has 3 nitrogen and oxygen atoms in total. The lowest BCUT2D eigenvalue weighted by Crippen LogP contribution is -2.21. The lowest BCUT2D eigenvalue weighted by Gasteiger charge is -2.21. The van der Waals surface area contributed by atoms with Gasteiger partial charge in [-0.2, -0.15) is 0 Å². The summed E-state index contributed by atoms with van der Waals surface area (Å²) in [5.41, 5.74) is 3.58. The lowest BCUT2D eigenvalue weighted by atomic mass is 10.0. The van der Waals surface area contributed by atoms with Gasteiger partial charge in [-0.15, -0.1) is 12.4 Å². The molecule has 3 rings (SSSR count). The lowest BCUT2D eigenvalue weighted by molar-refractivity contribution is 0.265. The van der Waals surface area contributed by atoms with Crippen LogP contribution >= 0.6 is 12.4 Å². The third-order valence-electron chi connectivity index (χ3n) is 4.90. The van der Waals surface area contributed by atoms with Crippen LogP contribution in [0.1, 0.15) is 49.4 Å². The van der Waals surface area contributed by atoms with E-state index in [0.29, 0.717) is 19.3 Å². The summed E-state index contributed by atoms with van der Waals surface area (Å²) in [6.07, 6.45) is 2.22. The van der Waals surface area contributed by atoms with Gasteiger partial charge in [-0.3, -0.25) is 0 Å². The minimum Gasteiger partial charge on any atom is -0.490 e. The molecule has 0 saturated heterocycles. The number of rotatable bonds is 11. The Hall–Kier alpha value is -2.49. The molecule has 0 radical (unpaired) electrons. The van der Waals surface area contributed by atoms with Crippen molar-refractivity contribution in [3.05, 3.63) is 95.6 Å². The molecule has 0 saturated carbocycles. The van der Waals surface area contributed by atoms with Crippen molar-refractivity contribution in [3.63, 3.8) is 0 Å². The van der Waals surface area contributed by atoms with E-state index in [9.17, 15) is 0 Å². The molecule has 3 aromatic carbocycles. The zero-order chi connectivity index (χ0) is 20.3. The van der Waals surface area contributed by atoms with Gasteiger partial charge in [0.1, 0.15) is 6.61 Å². The average Bonchev–Trinajstić information content (AvgIpc) is 2.77. The molecule has 1 N–H and O–H groups in total. The smallest absolute Gasteiger partial charge is 0.166 e. The van der Waals surface area contributed by atoms with Crippen LogP contribution in [0.25, 0.3) is 0 Å². The van der Waals surface area contributed by atoms with Crippen molar-refractivity contribution in [2.75, 3.05) is 6.61 Å². The van der Waals surface area contributed by atoms with Crippen LogP contribution in [0.5, 0.6) is 11.5 Å². The monoisotopic (exact) mass is 425 g/mol. The Balaban J connectivity index is 0.00000320. The molecule has 0 amide bonds. The van der Waals surface area contributed by atoms with Crippen LogP contribution in [-0.2, 0) is 13.2 Å². The number of hydrogen-bond acceptors (Lipinski definition) is 3. The zero-order valence-corrected chi connectivity index (χ0v) is 18.7. The highest BCUT2D eigenvalue weighted by Crippen LogP contribution is 2.33. The second kappa shape index (κ2) is 12.9. The van der Waals surface area contributed by atoms with E-state index < -0.39 is 0 Å². The molecule has 0 fully saturated rings. The van der Waals surface area contributed by atoms with Gasteiger partial charge in [-0.1, -0.05) is 86.1 Å². The molecule has 160 valence electrons. The van der Waals surface area contributed by atoms with Gasteiger partial charge < -0.3 is 14.8 Å². The third kappa shape index (κ3) is 6.79. The molecule has 0 bridgehead atoms. The Kier molecular flexibility index (Phi) is 10.3. The van der Waals surface area contributed by atoms with E-state index in [1.807, 2.05) is 37.3 Å². The SMILES string of the molecule is CCCC(NCc1cccc(OCC)c1OCc1ccccc1)c1ccccc1.Cl. The first-order valence-electron chi connectivity index (χ1n) is 10.5. The van der Waals surface area contributed by atoms with Gasteiger partial charge in [0.25, 0.3) is 0 Å². The molecular weight excluding hydrogens is 394 g/mol. The third-order valence-corrected chi connectivity index (χ3v) is 4.90. The minimum absolute atomic E-state index is 0. The summed E-state index contributed by atoms with van der Waals surface area (Å²) < 4.78 is 12.1. The van der Waals surface area contributed by atoms with E-state index in [0.717, 1.165) is 42.0 Å². The Labute approximate surface area is 186 Å². The van der Waals surface area contributed by atoms with Crippen LogP contribution in [0.3, 0.4) is 0 Å². The van der Waals surface area contributed by atoms with Crippen LogP contribution in [0.4, 0.5) is 0 Å². The minimum atomic E-state index is 0. The highest BCUT2D eigenvalue weighted by atomic mass is 35.5. The molecule has 1 atom stereocenters. The van der Waals surface area contributed by atoms with E-state index in [1.165, 1.54) is 5.56 Å². The first kappa shape index (κ1) is 23.8. The quantitative estimate of drug-likeness (QED) is 0.370. The van der Waals surface area contributed by atoms with Gasteiger partial charge in [0.15, 0.2) is 11.5 Å². The van der Waals surface area contributed by atoms with Crippen LogP contribution < -0.4 is 14.8 Å². The number of benzene rings is 3. The Bertz CT molecular complexity index is 855. The molecule has 4 heteroatoms. The van der Waals surface area contributed by atoms with Crippen LogP contribution in [-0.4, -0.2) is 6.61 Å². The number of halogens is 1. The summed E-state index contributed by atoms with van der Waals surface area (Å²) in [5, 5.41) is 3.73. The van der Waals surface area contributed by atoms with Crippen LogP contribution in [0, 0.1) is 0 Å². The number of hydrogen-bond donors (Lipinski definition) is 1. The first-order chi connectivity index (χ1) is 14.3. The van der Waals surface area contributed by atoms with Crippen molar-refractivity contribution >= 4 is 12.4 Å². The molecule has 3 aromatic rings. The normalized spacial score (nSPS) is 11.4. The predicted molar refractivity (Wildman–Crippen MR) is 127 cm³/mol. The zero-order valence-electron chi connectivity index (χ0n) is 17.8. The molecule has 0 heterocycles. The Morgan fingerprint density at radius 2 is 1.50 bits per heavy atom. The molecule has 0 spiro atoms. The van der Waals surface area contributed by atoms with E-state index in [2.05, 4.69) is 60.8 Å². The summed E-state index contributed by atoms with van der Waals surface area (Å²) in [5.74, 6) is 1.63. The number of nitrogens with one attached hydrogen (secondary N) is 1. The number of ether oxygens (including phenoxy) is 2. The Morgan fingerprint density at radius 1 is 0.800 bits per heavy atom. The fraction of sp³-hybridized carbons (Fsp3) is 0.308. The topological polar surface area (TPSA) is 30.5 Å². The maximum Gasteiger partial charge on any atom is 0.166 e. The predicted octanol–water partition coefficient (Wildman–Crippen LogP) is 6.72. The van der Waals surface area contributed by atoms with E-state index in [-0.39, 0.29) is 12.4 Å². The number of para-hydroxylation sites is 1. The maximum atomic E-state index is 6.24. The largest absolute Gasteiger partial charge is 0.490 e. The summed E-state index contributed by atoms with van der Waals surface area (Å²) >= 11 is 0. The summed E-state index contributed by atoms with van der Waals surface area (Å²) in [7, 11) is 0. The van der Waals surface area contributed by atoms with Crippen molar-refractivity contribution in [2.24, 2.45) is 0 Å². The van der Waals surface area contributed by atoms with Crippen molar-refractivity contribution in [3.8, 4) is 11.5 Å². The molecule has 30 heavy (non-hydrogen) atoms. The van der Waals surface area contributed by atoms with Crippen LogP contribution in [0.2, 0.25) is 0 Å². The molecule has 1 unspecified atom stereocenters. The van der Waals surface area contributed by atoms with Gasteiger partial charge in [-0.25, -0.2) is 0 Å². The Morgan fingerprint density at radius 3 is 2.17 bits per heavy atom. The van der Waals surface area contributed by atoms with Gasteiger partial charge in [0.2, 0.25) is 0 Å². The standard InChI is InChI=1S/C26H31NO2.ClH/c1-3-12-24(22-15-9-6-10-16-22)27-19-23-17-11-18-25(28-4-2)26(23)29-20-21-13-7-5-8-14-21;/h5-11,13-18,24,27H,3-4,12,19-20H2,1-2H3;1H. The summed E-state index contributed by atoms with van der Waals surface area (Å²) in [6, 6.07) is 27.3. The van der Waals surface area contributed by atoms with E-state index in [1.54, 1.807) is 0 Å². The fourth-order valence-electron chi connectivity index (χ4n) is 3.46. The van der Waals surface area contributed by atoms with Gasteiger partial charge in [-0.05, 0) is 30.5 Å². The van der Waals surface area contributed by atoms with E-state index >= 15 is 0 Å². The van der Waals surface area contributed by atoms with Crippen molar-refractivity contribution in [2.45, 2.75) is 45.9 Å². The molecule has 0 aromatic heterocycles. The van der Waals surface area contributed by atoms with Crippen molar-refractivity contribution in [1.82, 2.24) is 5.32 Å². The van der Waals surface area contributed by atoms with Gasteiger partial charge >= 0.3 is 0 Å². The summed E-state index contributed by atoms with van der Waals surface area (Å²) in [4.78, 5) is 0. The average molecular weight is 426 g/mol. The molecular formula is C26H32ClNO2. The van der Waals surface area contributed by atoms with Crippen molar-refractivity contribution < 1.29 is 9.47 Å². The molecule has 0 aliphatic heterocycles. The second-order valence-corrected chi connectivity index (χ2v) is 7.08. The highest BCUT2D eigenvalue weighted by molar-refractivity contribution is 5.85. The van der Waals surface area contributed by atoms with Gasteiger partial charge in [0, 0.05) is 18.2 Å². The van der Waals surface area contributed by atoms with Gasteiger partial charge in [0.05, 0.1) is 6.61 Å². The summed E-state index contributed by atoms with van der Waals surface area (Å²) in [6.45, 7) is 6.08. The van der Waals surface area contributed by atoms with E-state index in [4.69, 9.17) is 9.47 Å². The first-order valence-corrected chi connectivity index (χ1v) is 10.5. The molecule has 0 aliphatic carbocycles. The van der Waals surface area contributed by atoms with Crippen molar-refractivity contribution in [1.29, 1.82) is 0 Å². The second-order valence-electron chi connectivity index (χ2n) is 7.08. The van der Waals surface area contributed by atoms with Crippen LogP contribution in [0.15, 0.2) is 78.9 Å². The fourth-order valence-corrected chi connectivity index (χ4v) is 3.46. The maximum absolute atomic E-state index is 6.24. The highest BCUT2D eigenvalue weighted by Gasteiger charge is 2.15.